The summed E-state index contributed by atoms with van der Waals surface area (Å²) in [6.45, 7) is 8.61. The van der Waals surface area contributed by atoms with Crippen molar-refractivity contribution in [2.75, 3.05) is 6.61 Å². The van der Waals surface area contributed by atoms with E-state index in [4.69, 9.17) is 5.11 Å². The highest BCUT2D eigenvalue weighted by Crippen LogP contribution is 2.18. The van der Waals surface area contributed by atoms with Gasteiger partial charge in [-0.3, -0.25) is 4.79 Å². The van der Waals surface area contributed by atoms with Gasteiger partial charge in [0.15, 0.2) is 0 Å². The average molecular weight is 229 g/mol. The van der Waals surface area contributed by atoms with Crippen molar-refractivity contribution in [1.82, 2.24) is 5.32 Å². The molecule has 3 nitrogen and oxygen atoms in total. The number of carbonyl (C=O) groups excluding carboxylic acids is 1. The Kier molecular flexibility index (Phi) is 8.26. The normalized spacial score (nSPS) is 14.9. The van der Waals surface area contributed by atoms with Crippen molar-refractivity contribution in [3.63, 3.8) is 0 Å². The molecule has 0 saturated carbocycles. The fraction of sp³-hybridized carbons (Fsp3) is 0.923. The molecule has 0 aliphatic heterocycles. The van der Waals surface area contributed by atoms with Crippen LogP contribution in [0.4, 0.5) is 0 Å². The summed E-state index contributed by atoms with van der Waals surface area (Å²) in [6, 6.07) is 0.127. The van der Waals surface area contributed by atoms with Gasteiger partial charge in [-0.05, 0) is 24.7 Å². The molecule has 0 aliphatic carbocycles. The van der Waals surface area contributed by atoms with Crippen molar-refractivity contribution in [3.05, 3.63) is 0 Å². The smallest absolute Gasteiger partial charge is 0.220 e. The number of rotatable bonds is 8. The Morgan fingerprint density at radius 3 is 2.25 bits per heavy atom. The van der Waals surface area contributed by atoms with Crippen LogP contribution in [0.15, 0.2) is 0 Å². The Morgan fingerprint density at radius 1 is 1.25 bits per heavy atom. The van der Waals surface area contributed by atoms with E-state index in [1.165, 1.54) is 0 Å². The van der Waals surface area contributed by atoms with E-state index in [2.05, 4.69) is 26.1 Å². The van der Waals surface area contributed by atoms with Crippen molar-refractivity contribution in [3.8, 4) is 0 Å². The number of aliphatic hydroxyl groups excluding tert-OH is 1. The van der Waals surface area contributed by atoms with E-state index in [9.17, 15) is 4.79 Å². The maximum atomic E-state index is 11.8. The van der Waals surface area contributed by atoms with Gasteiger partial charge in [-0.15, -0.1) is 0 Å². The standard InChI is InChI=1S/C13H27NO2/c1-5-11(10(3)4)9-13(16)14-12(6-2)7-8-15/h10-12,15H,5-9H2,1-4H3,(H,14,16). The molecular formula is C13H27NO2. The average Bonchev–Trinajstić information content (AvgIpc) is 2.24. The number of aliphatic hydroxyl groups is 1. The first-order valence-corrected chi connectivity index (χ1v) is 6.45. The first-order chi connectivity index (χ1) is 7.54. The lowest BCUT2D eigenvalue weighted by atomic mass is 9.90. The third kappa shape index (κ3) is 6.11. The van der Waals surface area contributed by atoms with Gasteiger partial charge in [-0.1, -0.05) is 34.1 Å². The third-order valence-corrected chi connectivity index (χ3v) is 3.25. The van der Waals surface area contributed by atoms with Crippen molar-refractivity contribution in [1.29, 1.82) is 0 Å². The van der Waals surface area contributed by atoms with E-state index in [-0.39, 0.29) is 18.6 Å². The molecule has 0 rings (SSSR count). The summed E-state index contributed by atoms with van der Waals surface area (Å²) < 4.78 is 0. The zero-order valence-electron chi connectivity index (χ0n) is 11.1. The van der Waals surface area contributed by atoms with E-state index >= 15 is 0 Å². The van der Waals surface area contributed by atoms with Crippen LogP contribution in [0.25, 0.3) is 0 Å². The van der Waals surface area contributed by atoms with Crippen LogP contribution in [0, 0.1) is 11.8 Å². The molecule has 0 saturated heterocycles. The highest BCUT2D eigenvalue weighted by Gasteiger charge is 2.17. The van der Waals surface area contributed by atoms with Gasteiger partial charge in [0, 0.05) is 19.1 Å². The highest BCUT2D eigenvalue weighted by molar-refractivity contribution is 5.76. The molecule has 1 amide bonds. The number of hydrogen-bond donors (Lipinski definition) is 2. The minimum atomic E-state index is 0.126. The fourth-order valence-corrected chi connectivity index (χ4v) is 1.91. The molecule has 0 heterocycles. The predicted molar refractivity (Wildman–Crippen MR) is 67.2 cm³/mol. The van der Waals surface area contributed by atoms with Crippen molar-refractivity contribution >= 4 is 5.91 Å². The molecule has 0 fully saturated rings. The lowest BCUT2D eigenvalue weighted by Crippen LogP contribution is -2.36. The summed E-state index contributed by atoms with van der Waals surface area (Å²) in [5.74, 6) is 1.14. The highest BCUT2D eigenvalue weighted by atomic mass is 16.3. The summed E-state index contributed by atoms with van der Waals surface area (Å²) in [5, 5.41) is 11.8. The zero-order valence-corrected chi connectivity index (χ0v) is 11.1. The second kappa shape index (κ2) is 8.57. The van der Waals surface area contributed by atoms with Crippen LogP contribution in [0.1, 0.15) is 53.4 Å². The molecule has 0 spiro atoms. The Hall–Kier alpha value is -0.570. The van der Waals surface area contributed by atoms with E-state index in [1.807, 2.05) is 6.92 Å². The second-order valence-electron chi connectivity index (χ2n) is 4.80. The van der Waals surface area contributed by atoms with Gasteiger partial charge in [0.2, 0.25) is 5.91 Å². The molecule has 2 N–H and O–H groups in total. The molecule has 2 atom stereocenters. The summed E-state index contributed by atoms with van der Waals surface area (Å²) in [6.07, 6.45) is 3.18. The van der Waals surface area contributed by atoms with Crippen LogP contribution in [-0.2, 0) is 4.79 Å². The molecule has 16 heavy (non-hydrogen) atoms. The lowest BCUT2D eigenvalue weighted by Gasteiger charge is -2.21. The van der Waals surface area contributed by atoms with Crippen molar-refractivity contribution in [2.24, 2.45) is 11.8 Å². The lowest BCUT2D eigenvalue weighted by molar-refractivity contribution is -0.123. The predicted octanol–water partition coefficient (Wildman–Crippen LogP) is 2.34. The van der Waals surface area contributed by atoms with Gasteiger partial charge in [0.05, 0.1) is 0 Å². The molecule has 96 valence electrons. The Morgan fingerprint density at radius 2 is 1.88 bits per heavy atom. The fourth-order valence-electron chi connectivity index (χ4n) is 1.91. The zero-order chi connectivity index (χ0) is 12.6. The van der Waals surface area contributed by atoms with Crippen LogP contribution < -0.4 is 5.32 Å². The van der Waals surface area contributed by atoms with Crippen molar-refractivity contribution < 1.29 is 9.90 Å². The van der Waals surface area contributed by atoms with Gasteiger partial charge >= 0.3 is 0 Å². The van der Waals surface area contributed by atoms with Gasteiger partial charge < -0.3 is 10.4 Å². The number of hydrogen-bond acceptors (Lipinski definition) is 2. The molecule has 2 unspecified atom stereocenters. The van der Waals surface area contributed by atoms with E-state index in [1.54, 1.807) is 0 Å². The molecule has 0 aliphatic rings. The summed E-state index contributed by atoms with van der Waals surface area (Å²) in [5.41, 5.74) is 0. The first-order valence-electron chi connectivity index (χ1n) is 6.45. The van der Waals surface area contributed by atoms with Gasteiger partial charge in [0.1, 0.15) is 0 Å². The van der Waals surface area contributed by atoms with Crippen LogP contribution in [-0.4, -0.2) is 23.7 Å². The van der Waals surface area contributed by atoms with Gasteiger partial charge in [0.25, 0.3) is 0 Å². The van der Waals surface area contributed by atoms with Crippen LogP contribution in [0.2, 0.25) is 0 Å². The SMILES string of the molecule is CCC(CCO)NC(=O)CC(CC)C(C)C. The van der Waals surface area contributed by atoms with Gasteiger partial charge in [-0.2, -0.15) is 0 Å². The molecule has 0 aromatic heterocycles. The minimum absolute atomic E-state index is 0.126. The Bertz CT molecular complexity index is 192. The molecule has 0 radical (unpaired) electrons. The Labute approximate surface area is 99.6 Å². The summed E-state index contributed by atoms with van der Waals surface area (Å²) in [7, 11) is 0. The molecular weight excluding hydrogens is 202 g/mol. The number of nitrogens with one attached hydrogen (secondary N) is 1. The number of carbonyl (C=O) groups is 1. The summed E-state index contributed by atoms with van der Waals surface area (Å²) >= 11 is 0. The van der Waals surface area contributed by atoms with Crippen LogP contribution in [0.3, 0.4) is 0 Å². The van der Waals surface area contributed by atoms with Crippen LogP contribution in [0.5, 0.6) is 0 Å². The largest absolute Gasteiger partial charge is 0.396 e. The van der Waals surface area contributed by atoms with Gasteiger partial charge in [-0.25, -0.2) is 0 Å². The first kappa shape index (κ1) is 15.4. The van der Waals surface area contributed by atoms with E-state index in [0.717, 1.165) is 12.8 Å². The molecule has 3 heteroatoms. The minimum Gasteiger partial charge on any atom is -0.396 e. The molecule has 0 bridgehead atoms. The van der Waals surface area contributed by atoms with E-state index in [0.29, 0.717) is 24.7 Å². The third-order valence-electron chi connectivity index (χ3n) is 3.25. The second-order valence-corrected chi connectivity index (χ2v) is 4.80. The molecule has 0 aromatic carbocycles. The quantitative estimate of drug-likeness (QED) is 0.671. The van der Waals surface area contributed by atoms with E-state index < -0.39 is 0 Å². The van der Waals surface area contributed by atoms with Crippen LogP contribution >= 0.6 is 0 Å². The topological polar surface area (TPSA) is 49.3 Å². The summed E-state index contributed by atoms with van der Waals surface area (Å²) in [4.78, 5) is 11.8. The maximum Gasteiger partial charge on any atom is 0.220 e. The Balaban J connectivity index is 4.04. The van der Waals surface area contributed by atoms with Crippen molar-refractivity contribution in [2.45, 2.75) is 59.4 Å². The number of amides is 1. The molecule has 0 aromatic rings. The monoisotopic (exact) mass is 229 g/mol. The maximum absolute atomic E-state index is 11.8.